The van der Waals surface area contributed by atoms with Crippen LogP contribution in [0.25, 0.3) is 0 Å². The molecule has 7 nitrogen and oxygen atoms in total. The number of non-ortho nitro benzene ring substituents is 1. The van der Waals surface area contributed by atoms with Crippen molar-refractivity contribution >= 4 is 17.3 Å². The molecule has 7 heteroatoms. The van der Waals surface area contributed by atoms with Crippen LogP contribution in [-0.4, -0.2) is 16.5 Å². The number of rotatable bonds is 5. The van der Waals surface area contributed by atoms with Crippen LogP contribution in [0.2, 0.25) is 0 Å². The van der Waals surface area contributed by atoms with Gasteiger partial charge >= 0.3 is 5.91 Å². The van der Waals surface area contributed by atoms with Crippen molar-refractivity contribution in [3.05, 3.63) is 70.5 Å². The van der Waals surface area contributed by atoms with Crippen molar-refractivity contribution in [1.29, 1.82) is 0 Å². The lowest BCUT2D eigenvalue weighted by Crippen LogP contribution is -2.41. The number of aromatic nitrogens is 1. The number of nitrogens with zero attached hydrogens (tertiary/aromatic N) is 3. The van der Waals surface area contributed by atoms with Crippen molar-refractivity contribution in [2.24, 2.45) is 5.10 Å². The fourth-order valence-electron chi connectivity index (χ4n) is 1.80. The summed E-state index contributed by atoms with van der Waals surface area (Å²) in [6.45, 7) is 1.82. The molecule has 0 aliphatic rings. The van der Waals surface area contributed by atoms with Gasteiger partial charge in [-0.05, 0) is 6.92 Å². The average molecular weight is 299 g/mol. The van der Waals surface area contributed by atoms with E-state index in [9.17, 15) is 14.9 Å². The molecule has 1 aromatic carbocycles. The van der Waals surface area contributed by atoms with Crippen molar-refractivity contribution < 1.29 is 14.3 Å². The Hall–Kier alpha value is -3.09. The van der Waals surface area contributed by atoms with Crippen molar-refractivity contribution in [2.45, 2.75) is 13.5 Å². The Balaban J connectivity index is 2.02. The Kier molecular flexibility index (Phi) is 4.92. The number of hydrogen-bond acceptors (Lipinski definition) is 4. The third kappa shape index (κ3) is 4.20. The molecular weight excluding hydrogens is 284 g/mol. The molecule has 1 aromatic heterocycles. The zero-order valence-electron chi connectivity index (χ0n) is 12.0. The SMILES string of the molecule is CC(=NNC(=O)C[n+]1ccccc1)c1cccc([N+](=O)[O-])c1. The Morgan fingerprint density at radius 3 is 2.68 bits per heavy atom. The Morgan fingerprint density at radius 1 is 1.27 bits per heavy atom. The minimum absolute atomic E-state index is 0.0155. The lowest BCUT2D eigenvalue weighted by molar-refractivity contribution is -0.684. The third-order valence-corrected chi connectivity index (χ3v) is 2.93. The van der Waals surface area contributed by atoms with Gasteiger partial charge in [0.05, 0.1) is 10.6 Å². The van der Waals surface area contributed by atoms with Gasteiger partial charge in [-0.3, -0.25) is 14.9 Å². The van der Waals surface area contributed by atoms with E-state index in [4.69, 9.17) is 0 Å². The van der Waals surface area contributed by atoms with Crippen molar-refractivity contribution in [3.63, 3.8) is 0 Å². The average Bonchev–Trinajstić information content (AvgIpc) is 2.53. The van der Waals surface area contributed by atoms with Gasteiger partial charge in [-0.15, -0.1) is 0 Å². The quantitative estimate of drug-likeness (QED) is 0.392. The molecule has 22 heavy (non-hydrogen) atoms. The highest BCUT2D eigenvalue weighted by Gasteiger charge is 2.09. The van der Waals surface area contributed by atoms with Crippen molar-refractivity contribution in [1.82, 2.24) is 5.43 Å². The van der Waals surface area contributed by atoms with E-state index in [1.165, 1.54) is 12.1 Å². The first-order valence-electron chi connectivity index (χ1n) is 6.58. The number of amides is 1. The fourth-order valence-corrected chi connectivity index (χ4v) is 1.80. The lowest BCUT2D eigenvalue weighted by Gasteiger charge is -2.02. The first kappa shape index (κ1) is 15.3. The summed E-state index contributed by atoms with van der Waals surface area (Å²) in [6, 6.07) is 11.6. The summed E-state index contributed by atoms with van der Waals surface area (Å²) >= 11 is 0. The highest BCUT2D eigenvalue weighted by molar-refractivity contribution is 5.99. The van der Waals surface area contributed by atoms with Crippen LogP contribution < -0.4 is 9.99 Å². The van der Waals surface area contributed by atoms with Crippen LogP contribution in [0, 0.1) is 10.1 Å². The highest BCUT2D eigenvalue weighted by Crippen LogP contribution is 2.13. The predicted octanol–water partition coefficient (Wildman–Crippen LogP) is 1.42. The maximum absolute atomic E-state index is 11.8. The normalized spacial score (nSPS) is 11.0. The second-order valence-corrected chi connectivity index (χ2v) is 4.59. The fraction of sp³-hybridized carbons (Fsp3) is 0.133. The van der Waals surface area contributed by atoms with Gasteiger partial charge in [-0.25, -0.2) is 5.43 Å². The summed E-state index contributed by atoms with van der Waals surface area (Å²) in [6.07, 6.45) is 3.55. The van der Waals surface area contributed by atoms with Gasteiger partial charge in [0.2, 0.25) is 6.54 Å². The molecule has 1 heterocycles. The molecule has 0 aliphatic carbocycles. The van der Waals surface area contributed by atoms with Crippen LogP contribution in [0.4, 0.5) is 5.69 Å². The number of pyridine rings is 1. The Labute approximate surface area is 127 Å². The number of carbonyl (C=O) groups is 1. The van der Waals surface area contributed by atoms with E-state index in [1.54, 1.807) is 36.0 Å². The number of hydrogen-bond donors (Lipinski definition) is 1. The standard InChI is InChI=1S/C15H14N4O3/c1-12(13-6-5-7-14(10-13)19(21)22)16-17-15(20)11-18-8-3-2-4-9-18/h2-10H,11H2,1H3/p+1. The molecule has 0 saturated carbocycles. The van der Waals surface area contributed by atoms with Crippen LogP contribution in [-0.2, 0) is 11.3 Å². The molecule has 0 radical (unpaired) electrons. The zero-order chi connectivity index (χ0) is 15.9. The number of nitro groups is 1. The van der Waals surface area contributed by atoms with E-state index < -0.39 is 4.92 Å². The highest BCUT2D eigenvalue weighted by atomic mass is 16.6. The smallest absolute Gasteiger partial charge is 0.266 e. The Bertz CT molecular complexity index is 714. The summed E-state index contributed by atoms with van der Waals surface area (Å²) < 4.78 is 1.72. The molecule has 2 aromatic rings. The summed E-state index contributed by atoms with van der Waals surface area (Å²) in [5.41, 5.74) is 3.50. The third-order valence-electron chi connectivity index (χ3n) is 2.93. The second-order valence-electron chi connectivity index (χ2n) is 4.59. The number of nitrogens with one attached hydrogen (secondary N) is 1. The number of nitro benzene ring substituents is 1. The molecule has 0 bridgehead atoms. The van der Waals surface area contributed by atoms with Gasteiger partial charge in [0.1, 0.15) is 0 Å². The van der Waals surface area contributed by atoms with E-state index in [-0.39, 0.29) is 18.1 Å². The van der Waals surface area contributed by atoms with E-state index in [0.717, 1.165) is 0 Å². The van der Waals surface area contributed by atoms with Gasteiger partial charge in [-0.2, -0.15) is 9.67 Å². The van der Waals surface area contributed by atoms with Gasteiger partial charge in [0.25, 0.3) is 5.69 Å². The topological polar surface area (TPSA) is 88.5 Å². The van der Waals surface area contributed by atoms with Crippen molar-refractivity contribution in [3.8, 4) is 0 Å². The molecule has 0 unspecified atom stereocenters. The van der Waals surface area contributed by atoms with Crippen LogP contribution >= 0.6 is 0 Å². The van der Waals surface area contributed by atoms with Gasteiger partial charge in [0, 0.05) is 29.8 Å². The molecule has 112 valence electrons. The maximum atomic E-state index is 11.8. The molecule has 0 atom stereocenters. The molecule has 0 fully saturated rings. The van der Waals surface area contributed by atoms with E-state index in [2.05, 4.69) is 10.5 Å². The minimum atomic E-state index is -0.471. The molecule has 0 saturated heterocycles. The van der Waals surface area contributed by atoms with Gasteiger partial charge < -0.3 is 0 Å². The monoisotopic (exact) mass is 299 g/mol. The maximum Gasteiger partial charge on any atom is 0.305 e. The molecular formula is C15H15N4O3+. The van der Waals surface area contributed by atoms with Crippen LogP contribution in [0.3, 0.4) is 0 Å². The molecule has 0 spiro atoms. The largest absolute Gasteiger partial charge is 0.305 e. The van der Waals surface area contributed by atoms with Crippen LogP contribution in [0.5, 0.6) is 0 Å². The summed E-state index contributed by atoms with van der Waals surface area (Å²) in [5, 5.41) is 14.7. The first-order valence-corrected chi connectivity index (χ1v) is 6.58. The van der Waals surface area contributed by atoms with E-state index in [1.807, 2.05) is 18.2 Å². The molecule has 1 N–H and O–H groups in total. The van der Waals surface area contributed by atoms with Crippen molar-refractivity contribution in [2.75, 3.05) is 0 Å². The lowest BCUT2D eigenvalue weighted by atomic mass is 10.1. The summed E-state index contributed by atoms with van der Waals surface area (Å²) in [7, 11) is 0. The zero-order valence-corrected chi connectivity index (χ0v) is 12.0. The molecule has 0 aliphatic heterocycles. The second kappa shape index (κ2) is 7.07. The molecule has 1 amide bonds. The predicted molar refractivity (Wildman–Crippen MR) is 80.1 cm³/mol. The number of carbonyl (C=O) groups excluding carboxylic acids is 1. The van der Waals surface area contributed by atoms with E-state index >= 15 is 0 Å². The molecule has 2 rings (SSSR count). The van der Waals surface area contributed by atoms with Crippen LogP contribution in [0.1, 0.15) is 12.5 Å². The van der Waals surface area contributed by atoms with Gasteiger partial charge in [-0.1, -0.05) is 18.2 Å². The summed E-state index contributed by atoms with van der Waals surface area (Å²) in [5.74, 6) is -0.277. The van der Waals surface area contributed by atoms with E-state index in [0.29, 0.717) is 11.3 Å². The van der Waals surface area contributed by atoms with Gasteiger partial charge in [0.15, 0.2) is 12.4 Å². The minimum Gasteiger partial charge on any atom is -0.266 e. The Morgan fingerprint density at radius 2 is 2.00 bits per heavy atom. The number of hydrazone groups is 1. The number of benzene rings is 1. The summed E-state index contributed by atoms with van der Waals surface area (Å²) in [4.78, 5) is 22.0. The van der Waals surface area contributed by atoms with Crippen LogP contribution in [0.15, 0.2) is 60.0 Å². The first-order chi connectivity index (χ1) is 10.6.